The molecule has 0 spiro atoms. The minimum Gasteiger partial charge on any atom is -0.398 e. The van der Waals surface area contributed by atoms with Crippen molar-refractivity contribution in [3.8, 4) is 0 Å². The fraction of sp³-hybridized carbons (Fsp3) is 0.0714. The number of rotatable bonds is 2. The van der Waals surface area contributed by atoms with Gasteiger partial charge in [-0.25, -0.2) is 9.37 Å². The summed E-state index contributed by atoms with van der Waals surface area (Å²) in [6, 6.07) is 10.3. The van der Waals surface area contributed by atoms with Crippen molar-refractivity contribution < 1.29 is 4.39 Å². The van der Waals surface area contributed by atoms with Gasteiger partial charge in [-0.2, -0.15) is 0 Å². The second-order valence-electron chi connectivity index (χ2n) is 4.15. The first-order valence-electron chi connectivity index (χ1n) is 5.72. The van der Waals surface area contributed by atoms with Gasteiger partial charge in [0.2, 0.25) is 0 Å². The lowest BCUT2D eigenvalue weighted by Crippen LogP contribution is -1.88. The minimum absolute atomic E-state index is 0.233. The molecule has 3 rings (SSSR count). The molecule has 0 saturated heterocycles. The van der Waals surface area contributed by atoms with Crippen LogP contribution in [0.3, 0.4) is 0 Å². The molecular formula is C14H11FN2S2. The Morgan fingerprint density at radius 2 is 1.95 bits per heavy atom. The number of thiazole rings is 1. The molecule has 96 valence electrons. The molecule has 0 amide bonds. The van der Waals surface area contributed by atoms with Gasteiger partial charge in [-0.15, -0.1) is 11.3 Å². The summed E-state index contributed by atoms with van der Waals surface area (Å²) < 4.78 is 14.0. The summed E-state index contributed by atoms with van der Waals surface area (Å²) in [4.78, 5) is 6.37. The van der Waals surface area contributed by atoms with E-state index in [2.05, 4.69) is 4.98 Å². The maximum absolute atomic E-state index is 12.9. The van der Waals surface area contributed by atoms with Crippen molar-refractivity contribution >= 4 is 39.0 Å². The number of benzene rings is 2. The molecule has 3 aromatic rings. The van der Waals surface area contributed by atoms with E-state index in [1.165, 1.54) is 23.9 Å². The third-order valence-corrected chi connectivity index (χ3v) is 4.68. The van der Waals surface area contributed by atoms with Crippen LogP contribution in [0.5, 0.6) is 0 Å². The third kappa shape index (κ3) is 2.57. The van der Waals surface area contributed by atoms with Gasteiger partial charge in [0.15, 0.2) is 0 Å². The molecule has 2 N–H and O–H groups in total. The van der Waals surface area contributed by atoms with E-state index in [1.807, 2.05) is 19.1 Å². The smallest absolute Gasteiger partial charge is 0.123 e. The largest absolute Gasteiger partial charge is 0.398 e. The molecule has 1 heterocycles. The van der Waals surface area contributed by atoms with Crippen LogP contribution in [-0.2, 0) is 0 Å². The van der Waals surface area contributed by atoms with Gasteiger partial charge in [-0.1, -0.05) is 11.8 Å². The van der Waals surface area contributed by atoms with Crippen molar-refractivity contribution in [3.63, 3.8) is 0 Å². The maximum atomic E-state index is 12.9. The molecule has 0 fully saturated rings. The molecule has 2 aromatic carbocycles. The normalized spacial score (nSPS) is 11.1. The van der Waals surface area contributed by atoms with Gasteiger partial charge in [-0.05, 0) is 43.3 Å². The summed E-state index contributed by atoms with van der Waals surface area (Å²) in [6.45, 7) is 1.98. The number of anilines is 1. The van der Waals surface area contributed by atoms with Crippen LogP contribution in [0, 0.1) is 12.7 Å². The van der Waals surface area contributed by atoms with E-state index in [-0.39, 0.29) is 5.82 Å². The van der Waals surface area contributed by atoms with Gasteiger partial charge in [0.1, 0.15) is 5.82 Å². The average molecular weight is 290 g/mol. The molecular weight excluding hydrogens is 279 g/mol. The molecule has 5 heteroatoms. The molecule has 0 unspecified atom stereocenters. The minimum atomic E-state index is -0.233. The van der Waals surface area contributed by atoms with Crippen LogP contribution < -0.4 is 5.73 Å². The highest BCUT2D eigenvalue weighted by atomic mass is 32.2. The van der Waals surface area contributed by atoms with E-state index in [9.17, 15) is 4.39 Å². The first-order chi connectivity index (χ1) is 9.11. The Morgan fingerprint density at radius 1 is 1.21 bits per heavy atom. The number of hydrogen-bond acceptors (Lipinski definition) is 4. The molecule has 0 aliphatic carbocycles. The summed E-state index contributed by atoms with van der Waals surface area (Å²) in [7, 11) is 0. The lowest BCUT2D eigenvalue weighted by molar-refractivity contribution is 0.626. The Hall–Kier alpha value is -1.59. The summed E-state index contributed by atoms with van der Waals surface area (Å²) in [5.41, 5.74) is 7.74. The van der Waals surface area contributed by atoms with Crippen LogP contribution in [0.2, 0.25) is 0 Å². The van der Waals surface area contributed by atoms with Crippen molar-refractivity contribution in [2.75, 3.05) is 5.73 Å². The highest BCUT2D eigenvalue weighted by molar-refractivity contribution is 7.99. The maximum Gasteiger partial charge on any atom is 0.123 e. The molecule has 0 aliphatic rings. The number of nitrogens with two attached hydrogens (primary N) is 1. The van der Waals surface area contributed by atoms with Crippen molar-refractivity contribution in [2.24, 2.45) is 0 Å². The number of halogens is 1. The van der Waals surface area contributed by atoms with E-state index < -0.39 is 0 Å². The number of nitrogen functional groups attached to an aromatic ring is 1. The highest BCUT2D eigenvalue weighted by Gasteiger charge is 2.08. The van der Waals surface area contributed by atoms with Crippen LogP contribution in [0.1, 0.15) is 5.01 Å². The number of aromatic nitrogens is 1. The van der Waals surface area contributed by atoms with E-state index in [0.717, 1.165) is 30.7 Å². The van der Waals surface area contributed by atoms with Gasteiger partial charge < -0.3 is 5.73 Å². The van der Waals surface area contributed by atoms with E-state index in [4.69, 9.17) is 5.73 Å². The Bertz CT molecular complexity index is 735. The second-order valence-corrected chi connectivity index (χ2v) is 6.50. The zero-order chi connectivity index (χ0) is 13.4. The molecule has 0 saturated carbocycles. The molecule has 2 nitrogen and oxygen atoms in total. The Morgan fingerprint density at radius 3 is 2.68 bits per heavy atom. The predicted octanol–water partition coefficient (Wildman–Crippen LogP) is 4.48. The SMILES string of the molecule is Cc1nc2cc(Sc3ccc(F)cc3)c(N)cc2s1. The van der Waals surface area contributed by atoms with E-state index in [1.54, 1.807) is 23.5 Å². The zero-order valence-corrected chi connectivity index (χ0v) is 11.8. The van der Waals surface area contributed by atoms with Gasteiger partial charge in [0.05, 0.1) is 15.2 Å². The van der Waals surface area contributed by atoms with Crippen molar-refractivity contribution in [1.82, 2.24) is 4.98 Å². The number of nitrogens with zero attached hydrogens (tertiary/aromatic N) is 1. The first-order valence-corrected chi connectivity index (χ1v) is 7.35. The number of aryl methyl sites for hydroxylation is 1. The summed E-state index contributed by atoms with van der Waals surface area (Å²) >= 11 is 3.15. The van der Waals surface area contributed by atoms with Gasteiger partial charge in [-0.3, -0.25) is 0 Å². The highest BCUT2D eigenvalue weighted by Crippen LogP contribution is 2.36. The van der Waals surface area contributed by atoms with Crippen molar-refractivity contribution in [3.05, 3.63) is 47.2 Å². The molecule has 0 radical (unpaired) electrons. The van der Waals surface area contributed by atoms with E-state index >= 15 is 0 Å². The zero-order valence-electron chi connectivity index (χ0n) is 10.2. The molecule has 0 aliphatic heterocycles. The summed E-state index contributed by atoms with van der Waals surface area (Å²) in [6.07, 6.45) is 0. The number of hydrogen-bond donors (Lipinski definition) is 1. The Balaban J connectivity index is 1.99. The van der Waals surface area contributed by atoms with E-state index in [0.29, 0.717) is 0 Å². The van der Waals surface area contributed by atoms with Gasteiger partial charge in [0.25, 0.3) is 0 Å². The quantitative estimate of drug-likeness (QED) is 0.707. The lowest BCUT2D eigenvalue weighted by atomic mass is 10.3. The fourth-order valence-corrected chi connectivity index (χ4v) is 3.53. The third-order valence-electron chi connectivity index (χ3n) is 2.67. The summed E-state index contributed by atoms with van der Waals surface area (Å²) in [5, 5.41) is 1.03. The van der Waals surface area contributed by atoms with Gasteiger partial charge >= 0.3 is 0 Å². The van der Waals surface area contributed by atoms with Crippen LogP contribution >= 0.6 is 23.1 Å². The van der Waals surface area contributed by atoms with Crippen molar-refractivity contribution in [1.29, 1.82) is 0 Å². The summed E-state index contributed by atoms with van der Waals surface area (Å²) in [5.74, 6) is -0.233. The number of fused-ring (bicyclic) bond motifs is 1. The fourth-order valence-electron chi connectivity index (χ4n) is 1.80. The Kier molecular flexibility index (Phi) is 3.16. The Labute approximate surface area is 118 Å². The first kappa shape index (κ1) is 12.4. The molecule has 0 bridgehead atoms. The van der Waals surface area contributed by atoms with Gasteiger partial charge in [0, 0.05) is 15.5 Å². The van der Waals surface area contributed by atoms with Crippen LogP contribution in [0.4, 0.5) is 10.1 Å². The predicted molar refractivity (Wildman–Crippen MR) is 79.3 cm³/mol. The van der Waals surface area contributed by atoms with Crippen LogP contribution in [0.15, 0.2) is 46.2 Å². The average Bonchev–Trinajstić information content (AvgIpc) is 2.72. The monoisotopic (exact) mass is 290 g/mol. The topological polar surface area (TPSA) is 38.9 Å². The molecule has 1 aromatic heterocycles. The van der Waals surface area contributed by atoms with Crippen LogP contribution in [-0.4, -0.2) is 4.98 Å². The molecule has 0 atom stereocenters. The van der Waals surface area contributed by atoms with Crippen LogP contribution in [0.25, 0.3) is 10.2 Å². The lowest BCUT2D eigenvalue weighted by Gasteiger charge is -2.05. The second kappa shape index (κ2) is 4.83. The van der Waals surface area contributed by atoms with Crippen molar-refractivity contribution in [2.45, 2.75) is 16.7 Å². The molecule has 19 heavy (non-hydrogen) atoms. The standard InChI is InChI=1S/C14H11FN2S2/c1-8-17-12-7-13(11(16)6-14(12)18-8)19-10-4-2-9(15)3-5-10/h2-7H,16H2,1H3.